The molecular weight excluding hydrogens is 256 g/mol. The van der Waals surface area contributed by atoms with Gasteiger partial charge in [0.1, 0.15) is 0 Å². The van der Waals surface area contributed by atoms with Crippen molar-refractivity contribution in [1.29, 1.82) is 0 Å². The Hall–Kier alpha value is -1.26. The Kier molecular flexibility index (Phi) is 5.84. The van der Waals surface area contributed by atoms with E-state index >= 15 is 0 Å². The molecule has 1 saturated carbocycles. The van der Waals surface area contributed by atoms with Crippen LogP contribution in [-0.2, 0) is 4.79 Å². The fourth-order valence-electron chi connectivity index (χ4n) is 2.28. The first kappa shape index (κ1) is 16.8. The van der Waals surface area contributed by atoms with Crippen molar-refractivity contribution in [2.75, 3.05) is 13.6 Å². The molecule has 5 heteroatoms. The van der Waals surface area contributed by atoms with Crippen LogP contribution in [0.5, 0.6) is 0 Å². The topological polar surface area (TPSA) is 69.6 Å². The number of nitrogens with one attached hydrogen (secondary N) is 1. The second kappa shape index (κ2) is 6.95. The quantitative estimate of drug-likeness (QED) is 0.720. The number of urea groups is 1. The van der Waals surface area contributed by atoms with Crippen LogP contribution in [0.25, 0.3) is 0 Å². The predicted octanol–water partition coefficient (Wildman–Crippen LogP) is 2.71. The molecule has 0 bridgehead atoms. The molecule has 0 heterocycles. The van der Waals surface area contributed by atoms with Gasteiger partial charge < -0.3 is 15.3 Å². The van der Waals surface area contributed by atoms with Crippen molar-refractivity contribution >= 4 is 12.0 Å². The molecular formula is C15H28N2O3. The lowest BCUT2D eigenvalue weighted by atomic mass is 9.84. The summed E-state index contributed by atoms with van der Waals surface area (Å²) in [5.41, 5.74) is -0.0631. The van der Waals surface area contributed by atoms with Crippen LogP contribution in [0, 0.1) is 11.3 Å². The van der Waals surface area contributed by atoms with E-state index in [2.05, 4.69) is 12.2 Å². The number of carbonyl (C=O) groups excluding carboxylic acids is 1. The van der Waals surface area contributed by atoms with Crippen LogP contribution >= 0.6 is 0 Å². The van der Waals surface area contributed by atoms with Gasteiger partial charge in [0, 0.05) is 26.1 Å². The molecule has 1 unspecified atom stereocenters. The van der Waals surface area contributed by atoms with Gasteiger partial charge in [-0.2, -0.15) is 0 Å². The number of hydrogen-bond acceptors (Lipinski definition) is 2. The molecule has 1 fully saturated rings. The molecule has 0 saturated heterocycles. The average Bonchev–Trinajstić information content (AvgIpc) is 3.18. The Morgan fingerprint density at radius 2 is 1.95 bits per heavy atom. The van der Waals surface area contributed by atoms with Crippen LogP contribution in [-0.4, -0.2) is 41.6 Å². The van der Waals surface area contributed by atoms with Crippen molar-refractivity contribution in [2.24, 2.45) is 11.3 Å². The van der Waals surface area contributed by atoms with E-state index in [1.165, 1.54) is 12.8 Å². The Balaban J connectivity index is 2.24. The average molecular weight is 284 g/mol. The first-order valence-corrected chi connectivity index (χ1v) is 7.45. The largest absolute Gasteiger partial charge is 0.481 e. The number of amides is 2. The Morgan fingerprint density at radius 1 is 1.35 bits per heavy atom. The molecule has 20 heavy (non-hydrogen) atoms. The fraction of sp³-hybridized carbons (Fsp3) is 0.867. The summed E-state index contributed by atoms with van der Waals surface area (Å²) >= 11 is 0. The summed E-state index contributed by atoms with van der Waals surface area (Å²) in [7, 11) is 1.84. The summed E-state index contributed by atoms with van der Waals surface area (Å²) in [6, 6.07) is 0.272. The summed E-state index contributed by atoms with van der Waals surface area (Å²) < 4.78 is 0. The first-order valence-electron chi connectivity index (χ1n) is 7.45. The Bertz CT molecular complexity index is 351. The maximum atomic E-state index is 12.0. The minimum Gasteiger partial charge on any atom is -0.481 e. The molecule has 1 rings (SSSR count). The molecule has 0 aromatic rings. The molecule has 0 radical (unpaired) electrons. The van der Waals surface area contributed by atoms with E-state index < -0.39 is 5.97 Å². The molecule has 1 aliphatic carbocycles. The highest BCUT2D eigenvalue weighted by atomic mass is 16.4. The molecule has 2 amide bonds. The molecule has 0 aliphatic heterocycles. The number of hydrogen-bond donors (Lipinski definition) is 2. The second-order valence-electron chi connectivity index (χ2n) is 6.73. The monoisotopic (exact) mass is 284 g/mol. The summed E-state index contributed by atoms with van der Waals surface area (Å²) in [5, 5.41) is 11.6. The first-order chi connectivity index (χ1) is 9.23. The SMILES string of the molecule is CC(C1CC1)N(C)C(=O)NCCC(C)(C)CCC(=O)O. The summed E-state index contributed by atoms with van der Waals surface area (Å²) in [4.78, 5) is 24.4. The fourth-order valence-corrected chi connectivity index (χ4v) is 2.28. The normalized spacial score (nSPS) is 16.6. The standard InChI is InChI=1S/C15H28N2O3/c1-11(12-5-6-12)17(4)14(20)16-10-9-15(2,3)8-7-13(18)19/h11-12H,5-10H2,1-4H3,(H,16,20)(H,18,19). The number of carboxylic acid groups (broad SMARTS) is 1. The molecule has 2 N–H and O–H groups in total. The van der Waals surface area contributed by atoms with Gasteiger partial charge in [-0.25, -0.2) is 4.79 Å². The third-order valence-electron chi connectivity index (χ3n) is 4.33. The van der Waals surface area contributed by atoms with E-state index in [1.54, 1.807) is 4.90 Å². The van der Waals surface area contributed by atoms with Gasteiger partial charge in [0.2, 0.25) is 0 Å². The molecule has 0 aromatic heterocycles. The minimum atomic E-state index is -0.764. The van der Waals surface area contributed by atoms with Gasteiger partial charge in [0.15, 0.2) is 0 Å². The van der Waals surface area contributed by atoms with Crippen LogP contribution in [0.15, 0.2) is 0 Å². The van der Waals surface area contributed by atoms with Crippen molar-refractivity contribution in [3.63, 3.8) is 0 Å². The smallest absolute Gasteiger partial charge is 0.317 e. The summed E-state index contributed by atoms with van der Waals surface area (Å²) in [6.45, 7) is 6.76. The minimum absolute atomic E-state index is 0.0292. The molecule has 5 nitrogen and oxygen atoms in total. The van der Waals surface area contributed by atoms with E-state index in [0.29, 0.717) is 24.9 Å². The van der Waals surface area contributed by atoms with Gasteiger partial charge in [-0.1, -0.05) is 13.8 Å². The number of nitrogens with zero attached hydrogens (tertiary/aromatic N) is 1. The maximum absolute atomic E-state index is 12.0. The van der Waals surface area contributed by atoms with Crippen LogP contribution in [0.2, 0.25) is 0 Å². The van der Waals surface area contributed by atoms with Crippen LogP contribution in [0.3, 0.4) is 0 Å². The zero-order valence-corrected chi connectivity index (χ0v) is 13.1. The van der Waals surface area contributed by atoms with Crippen molar-refractivity contribution in [2.45, 2.75) is 58.9 Å². The number of carboxylic acids is 1. The Labute approximate surface area is 121 Å². The van der Waals surface area contributed by atoms with E-state index in [1.807, 2.05) is 20.9 Å². The van der Waals surface area contributed by atoms with E-state index in [9.17, 15) is 9.59 Å². The second-order valence-corrected chi connectivity index (χ2v) is 6.73. The van der Waals surface area contributed by atoms with Gasteiger partial charge in [0.25, 0.3) is 0 Å². The van der Waals surface area contributed by atoms with Gasteiger partial charge in [-0.3, -0.25) is 4.79 Å². The number of carbonyl (C=O) groups is 2. The van der Waals surface area contributed by atoms with Gasteiger partial charge >= 0.3 is 12.0 Å². The molecule has 1 aliphatic rings. The predicted molar refractivity (Wildman–Crippen MR) is 78.6 cm³/mol. The maximum Gasteiger partial charge on any atom is 0.317 e. The molecule has 0 aromatic carbocycles. The van der Waals surface area contributed by atoms with E-state index in [-0.39, 0.29) is 17.9 Å². The highest BCUT2D eigenvalue weighted by Gasteiger charge is 2.32. The van der Waals surface area contributed by atoms with Gasteiger partial charge in [-0.05, 0) is 43.9 Å². The van der Waals surface area contributed by atoms with Crippen LogP contribution < -0.4 is 5.32 Å². The third-order valence-corrected chi connectivity index (χ3v) is 4.33. The number of rotatable bonds is 8. The summed E-state index contributed by atoms with van der Waals surface area (Å²) in [6.07, 6.45) is 4.05. The number of aliphatic carboxylic acids is 1. The summed E-state index contributed by atoms with van der Waals surface area (Å²) in [5.74, 6) is -0.0992. The van der Waals surface area contributed by atoms with E-state index in [4.69, 9.17) is 5.11 Å². The Morgan fingerprint density at radius 3 is 2.45 bits per heavy atom. The van der Waals surface area contributed by atoms with E-state index in [0.717, 1.165) is 6.42 Å². The zero-order valence-electron chi connectivity index (χ0n) is 13.1. The third kappa shape index (κ3) is 5.80. The van der Waals surface area contributed by atoms with Gasteiger partial charge in [0.05, 0.1) is 0 Å². The van der Waals surface area contributed by atoms with Crippen molar-refractivity contribution < 1.29 is 14.7 Å². The van der Waals surface area contributed by atoms with Gasteiger partial charge in [-0.15, -0.1) is 0 Å². The van der Waals surface area contributed by atoms with Crippen LogP contribution in [0.4, 0.5) is 4.79 Å². The van der Waals surface area contributed by atoms with Crippen LogP contribution in [0.1, 0.15) is 52.9 Å². The molecule has 1 atom stereocenters. The van der Waals surface area contributed by atoms with Crippen molar-refractivity contribution in [3.05, 3.63) is 0 Å². The highest BCUT2D eigenvalue weighted by molar-refractivity contribution is 5.74. The van der Waals surface area contributed by atoms with Crippen molar-refractivity contribution in [1.82, 2.24) is 10.2 Å². The lowest BCUT2D eigenvalue weighted by Crippen LogP contribution is -2.44. The molecule has 116 valence electrons. The van der Waals surface area contributed by atoms with Crippen molar-refractivity contribution in [3.8, 4) is 0 Å². The lowest BCUT2D eigenvalue weighted by molar-refractivity contribution is -0.137. The molecule has 0 spiro atoms. The zero-order chi connectivity index (χ0) is 15.3. The lowest BCUT2D eigenvalue weighted by Gasteiger charge is -2.27. The highest BCUT2D eigenvalue weighted by Crippen LogP contribution is 2.34.